The van der Waals surface area contributed by atoms with Gasteiger partial charge in [-0.25, -0.2) is 4.39 Å². The molecule has 2 rings (SSSR count). The minimum Gasteiger partial charge on any atom is -0.378 e. The molecule has 0 aliphatic rings. The second-order valence-electron chi connectivity index (χ2n) is 5.40. The molecule has 1 N–H and O–H groups in total. The predicted molar refractivity (Wildman–Crippen MR) is 88.1 cm³/mol. The van der Waals surface area contributed by atoms with E-state index in [-0.39, 0.29) is 11.9 Å². The molecule has 0 bridgehead atoms. The van der Waals surface area contributed by atoms with Crippen molar-refractivity contribution in [2.45, 2.75) is 45.6 Å². The van der Waals surface area contributed by atoms with E-state index in [2.05, 4.69) is 43.4 Å². The Morgan fingerprint density at radius 2 is 1.71 bits per heavy atom. The van der Waals surface area contributed by atoms with Crippen LogP contribution in [0, 0.1) is 5.82 Å². The summed E-state index contributed by atoms with van der Waals surface area (Å²) in [7, 11) is 0. The lowest BCUT2D eigenvalue weighted by atomic mass is 9.99. The molecule has 112 valence electrons. The summed E-state index contributed by atoms with van der Waals surface area (Å²) in [6.07, 6.45) is 4.38. The van der Waals surface area contributed by atoms with E-state index in [0.29, 0.717) is 0 Å². The molecule has 0 aromatic heterocycles. The summed E-state index contributed by atoms with van der Waals surface area (Å²) >= 11 is 0. The van der Waals surface area contributed by atoms with E-state index < -0.39 is 0 Å². The van der Waals surface area contributed by atoms with Crippen molar-refractivity contribution in [1.29, 1.82) is 0 Å². The van der Waals surface area contributed by atoms with Gasteiger partial charge in [-0.1, -0.05) is 57.0 Å². The van der Waals surface area contributed by atoms with E-state index in [1.165, 1.54) is 11.3 Å². The Balaban J connectivity index is 2.21. The summed E-state index contributed by atoms with van der Waals surface area (Å²) in [6, 6.07) is 15.5. The third kappa shape index (κ3) is 4.32. The van der Waals surface area contributed by atoms with Gasteiger partial charge in [0.1, 0.15) is 5.82 Å². The summed E-state index contributed by atoms with van der Waals surface area (Å²) in [5.41, 5.74) is 3.65. The summed E-state index contributed by atoms with van der Waals surface area (Å²) in [5.74, 6) is -0.179. The lowest BCUT2D eigenvalue weighted by Crippen LogP contribution is -2.12. The van der Waals surface area contributed by atoms with Gasteiger partial charge in [-0.3, -0.25) is 0 Å². The standard InChI is InChI=1S/C19H24FN/c1-3-5-9-19(16-11-13-17(20)14-12-16)21-18-10-7-6-8-15(18)4-2/h6-8,10-14,19,21H,3-5,9H2,1-2H3. The molecule has 21 heavy (non-hydrogen) atoms. The number of hydrogen-bond acceptors (Lipinski definition) is 1. The minimum absolute atomic E-state index is 0.179. The van der Waals surface area contributed by atoms with E-state index in [0.717, 1.165) is 31.2 Å². The van der Waals surface area contributed by atoms with Gasteiger partial charge in [0.25, 0.3) is 0 Å². The third-order valence-electron chi connectivity index (χ3n) is 3.85. The molecule has 0 aliphatic carbocycles. The van der Waals surface area contributed by atoms with Gasteiger partial charge in [0.05, 0.1) is 6.04 Å². The highest BCUT2D eigenvalue weighted by Gasteiger charge is 2.12. The highest BCUT2D eigenvalue weighted by atomic mass is 19.1. The average molecular weight is 285 g/mol. The molecule has 2 aromatic carbocycles. The molecule has 0 spiro atoms. The molecule has 1 unspecified atom stereocenters. The molecule has 0 radical (unpaired) electrons. The summed E-state index contributed by atoms with van der Waals surface area (Å²) in [4.78, 5) is 0. The van der Waals surface area contributed by atoms with Crippen molar-refractivity contribution in [2.75, 3.05) is 5.32 Å². The number of para-hydroxylation sites is 1. The van der Waals surface area contributed by atoms with Crippen molar-refractivity contribution in [3.8, 4) is 0 Å². The maximum atomic E-state index is 13.1. The lowest BCUT2D eigenvalue weighted by molar-refractivity contribution is 0.616. The largest absolute Gasteiger partial charge is 0.378 e. The van der Waals surface area contributed by atoms with Crippen LogP contribution < -0.4 is 5.32 Å². The number of anilines is 1. The van der Waals surface area contributed by atoms with Crippen molar-refractivity contribution < 1.29 is 4.39 Å². The monoisotopic (exact) mass is 285 g/mol. The Kier molecular flexibility index (Phi) is 5.79. The van der Waals surface area contributed by atoms with Crippen LogP contribution in [0.5, 0.6) is 0 Å². The Labute approximate surface area is 127 Å². The highest BCUT2D eigenvalue weighted by Crippen LogP contribution is 2.27. The summed E-state index contributed by atoms with van der Waals surface area (Å²) in [5, 5.41) is 3.65. The molecule has 2 aromatic rings. The maximum absolute atomic E-state index is 13.1. The zero-order chi connectivity index (χ0) is 15.1. The second kappa shape index (κ2) is 7.82. The van der Waals surface area contributed by atoms with Crippen LogP contribution >= 0.6 is 0 Å². The van der Waals surface area contributed by atoms with E-state index in [4.69, 9.17) is 0 Å². The number of benzene rings is 2. The fraction of sp³-hybridized carbons (Fsp3) is 0.368. The quantitative estimate of drug-likeness (QED) is 0.685. The lowest BCUT2D eigenvalue weighted by Gasteiger charge is -2.22. The zero-order valence-electron chi connectivity index (χ0n) is 12.9. The molecule has 0 heterocycles. The molecular formula is C19H24FN. The third-order valence-corrected chi connectivity index (χ3v) is 3.85. The van der Waals surface area contributed by atoms with Crippen LogP contribution in [0.15, 0.2) is 48.5 Å². The molecule has 1 atom stereocenters. The Bertz CT molecular complexity index is 548. The maximum Gasteiger partial charge on any atom is 0.123 e. The van der Waals surface area contributed by atoms with Gasteiger partial charge in [-0.05, 0) is 42.2 Å². The van der Waals surface area contributed by atoms with Crippen LogP contribution in [-0.2, 0) is 6.42 Å². The number of rotatable bonds is 7. The van der Waals surface area contributed by atoms with Gasteiger partial charge in [-0.15, -0.1) is 0 Å². The number of hydrogen-bond donors (Lipinski definition) is 1. The average Bonchev–Trinajstić information content (AvgIpc) is 2.52. The first-order valence-corrected chi connectivity index (χ1v) is 7.84. The SMILES string of the molecule is CCCCC(Nc1ccccc1CC)c1ccc(F)cc1. The Morgan fingerprint density at radius 1 is 1.00 bits per heavy atom. The number of unbranched alkanes of at least 4 members (excludes halogenated alkanes) is 1. The highest BCUT2D eigenvalue weighted by molar-refractivity contribution is 5.52. The number of halogens is 1. The Morgan fingerprint density at radius 3 is 2.38 bits per heavy atom. The zero-order valence-corrected chi connectivity index (χ0v) is 12.9. The normalized spacial score (nSPS) is 12.1. The van der Waals surface area contributed by atoms with E-state index in [9.17, 15) is 4.39 Å². The fourth-order valence-electron chi connectivity index (χ4n) is 2.58. The minimum atomic E-state index is -0.179. The van der Waals surface area contributed by atoms with Crippen molar-refractivity contribution in [3.63, 3.8) is 0 Å². The molecule has 0 fully saturated rings. The van der Waals surface area contributed by atoms with Crippen LogP contribution in [0.25, 0.3) is 0 Å². The van der Waals surface area contributed by atoms with Gasteiger partial charge in [-0.2, -0.15) is 0 Å². The van der Waals surface area contributed by atoms with Gasteiger partial charge < -0.3 is 5.32 Å². The smallest absolute Gasteiger partial charge is 0.123 e. The molecule has 0 saturated heterocycles. The topological polar surface area (TPSA) is 12.0 Å². The van der Waals surface area contributed by atoms with E-state index in [1.54, 1.807) is 12.1 Å². The molecular weight excluding hydrogens is 261 g/mol. The van der Waals surface area contributed by atoms with Gasteiger partial charge in [0.15, 0.2) is 0 Å². The fourth-order valence-corrected chi connectivity index (χ4v) is 2.58. The summed E-state index contributed by atoms with van der Waals surface area (Å²) < 4.78 is 13.1. The first-order valence-electron chi connectivity index (χ1n) is 7.84. The molecule has 0 amide bonds. The van der Waals surface area contributed by atoms with Gasteiger partial charge in [0, 0.05) is 5.69 Å². The van der Waals surface area contributed by atoms with E-state index in [1.807, 2.05) is 12.1 Å². The van der Waals surface area contributed by atoms with Crippen LogP contribution in [0.1, 0.15) is 50.3 Å². The van der Waals surface area contributed by atoms with Crippen molar-refractivity contribution >= 4 is 5.69 Å². The Hall–Kier alpha value is -1.83. The van der Waals surface area contributed by atoms with Gasteiger partial charge in [0.2, 0.25) is 0 Å². The predicted octanol–water partition coefficient (Wildman–Crippen LogP) is 5.73. The first-order chi connectivity index (χ1) is 10.2. The number of nitrogens with one attached hydrogen (secondary N) is 1. The molecule has 2 heteroatoms. The van der Waals surface area contributed by atoms with Crippen LogP contribution in [-0.4, -0.2) is 0 Å². The summed E-state index contributed by atoms with van der Waals surface area (Å²) in [6.45, 7) is 4.36. The van der Waals surface area contributed by atoms with Crippen LogP contribution in [0.3, 0.4) is 0 Å². The van der Waals surface area contributed by atoms with Crippen molar-refractivity contribution in [2.24, 2.45) is 0 Å². The van der Waals surface area contributed by atoms with E-state index >= 15 is 0 Å². The second-order valence-corrected chi connectivity index (χ2v) is 5.40. The molecule has 0 saturated carbocycles. The van der Waals surface area contributed by atoms with Crippen LogP contribution in [0.2, 0.25) is 0 Å². The molecule has 0 aliphatic heterocycles. The van der Waals surface area contributed by atoms with Crippen molar-refractivity contribution in [3.05, 3.63) is 65.5 Å². The number of aryl methyl sites for hydroxylation is 1. The van der Waals surface area contributed by atoms with Crippen LogP contribution in [0.4, 0.5) is 10.1 Å². The first kappa shape index (κ1) is 15.6. The van der Waals surface area contributed by atoms with Gasteiger partial charge >= 0.3 is 0 Å². The van der Waals surface area contributed by atoms with Crippen molar-refractivity contribution in [1.82, 2.24) is 0 Å². The molecule has 1 nitrogen and oxygen atoms in total.